The van der Waals surface area contributed by atoms with Gasteiger partial charge in [-0.15, -0.1) is 0 Å². The van der Waals surface area contributed by atoms with Gasteiger partial charge in [-0.1, -0.05) is 37.3 Å². The van der Waals surface area contributed by atoms with Crippen LogP contribution in [0.4, 0.5) is 4.39 Å². The molecule has 2 atom stereocenters. The van der Waals surface area contributed by atoms with E-state index in [1.807, 2.05) is 37.3 Å². The average Bonchev–Trinajstić information content (AvgIpc) is 2.49. The second kappa shape index (κ2) is 7.06. The number of ether oxygens (including phenoxy) is 2. The van der Waals surface area contributed by atoms with Crippen molar-refractivity contribution in [3.05, 3.63) is 66.0 Å². The number of hydrogen-bond donors (Lipinski definition) is 0. The molecule has 0 radical (unpaired) electrons. The van der Waals surface area contributed by atoms with Crippen molar-refractivity contribution in [3.8, 4) is 5.75 Å². The Balaban J connectivity index is 2.16. The number of benzene rings is 2. The molecule has 20 heavy (non-hydrogen) atoms. The summed E-state index contributed by atoms with van der Waals surface area (Å²) in [5, 5.41) is 0. The molecule has 3 heteroatoms. The third kappa shape index (κ3) is 4.07. The first-order valence-corrected chi connectivity index (χ1v) is 6.81. The van der Waals surface area contributed by atoms with Gasteiger partial charge in [0.05, 0.1) is 6.10 Å². The molecule has 0 bridgehead atoms. The number of halogens is 1. The van der Waals surface area contributed by atoms with Crippen LogP contribution in [0, 0.1) is 5.82 Å². The van der Waals surface area contributed by atoms with Gasteiger partial charge in [0.25, 0.3) is 0 Å². The maximum atomic E-state index is 12.9. The topological polar surface area (TPSA) is 18.5 Å². The smallest absolute Gasteiger partial charge is 0.226 e. The van der Waals surface area contributed by atoms with Gasteiger partial charge in [-0.2, -0.15) is 0 Å². The van der Waals surface area contributed by atoms with Crippen LogP contribution in [0.25, 0.3) is 0 Å². The van der Waals surface area contributed by atoms with Crippen LogP contribution in [0.5, 0.6) is 5.75 Å². The van der Waals surface area contributed by atoms with Gasteiger partial charge in [-0.05, 0) is 37.6 Å². The van der Waals surface area contributed by atoms with E-state index in [4.69, 9.17) is 9.47 Å². The molecule has 0 heterocycles. The van der Waals surface area contributed by atoms with Crippen molar-refractivity contribution in [2.45, 2.75) is 32.7 Å². The summed E-state index contributed by atoms with van der Waals surface area (Å²) >= 11 is 0. The van der Waals surface area contributed by atoms with Gasteiger partial charge in [-0.3, -0.25) is 0 Å². The maximum absolute atomic E-state index is 12.9. The average molecular weight is 274 g/mol. The number of rotatable bonds is 6. The lowest BCUT2D eigenvalue weighted by molar-refractivity contribution is -0.118. The minimum atomic E-state index is -0.489. The lowest BCUT2D eigenvalue weighted by Gasteiger charge is -2.23. The third-order valence-corrected chi connectivity index (χ3v) is 3.06. The monoisotopic (exact) mass is 274 g/mol. The van der Waals surface area contributed by atoms with Gasteiger partial charge < -0.3 is 9.47 Å². The molecule has 0 spiro atoms. The molecule has 0 amide bonds. The van der Waals surface area contributed by atoms with Crippen molar-refractivity contribution in [1.82, 2.24) is 0 Å². The predicted molar refractivity (Wildman–Crippen MR) is 77.0 cm³/mol. The Bertz CT molecular complexity index is 510. The van der Waals surface area contributed by atoms with Crippen LogP contribution in [0.3, 0.4) is 0 Å². The fourth-order valence-corrected chi connectivity index (χ4v) is 1.73. The zero-order valence-corrected chi connectivity index (χ0v) is 11.8. The number of hydrogen-bond acceptors (Lipinski definition) is 2. The van der Waals surface area contributed by atoms with Crippen LogP contribution in [0.15, 0.2) is 54.6 Å². The van der Waals surface area contributed by atoms with E-state index in [9.17, 15) is 4.39 Å². The van der Waals surface area contributed by atoms with Crippen molar-refractivity contribution in [1.29, 1.82) is 0 Å². The summed E-state index contributed by atoms with van der Waals surface area (Å²) in [6, 6.07) is 15.7. The Kier molecular flexibility index (Phi) is 5.13. The predicted octanol–water partition coefficient (Wildman–Crippen LogP) is 4.72. The molecule has 0 aromatic heterocycles. The van der Waals surface area contributed by atoms with Crippen LogP contribution in [0.1, 0.15) is 32.1 Å². The minimum Gasteiger partial charge on any atom is -0.461 e. The summed E-state index contributed by atoms with van der Waals surface area (Å²) in [4.78, 5) is 0. The maximum Gasteiger partial charge on any atom is 0.226 e. The standard InChI is InChI=1S/C17H19FO2/c1-3-13(2)19-17(14-7-5-4-6-8-14)20-16-11-9-15(18)10-12-16/h4-13,17H,3H2,1-2H3. The molecule has 2 nitrogen and oxygen atoms in total. The molecule has 2 aromatic rings. The lowest BCUT2D eigenvalue weighted by atomic mass is 10.2. The first kappa shape index (κ1) is 14.5. The lowest BCUT2D eigenvalue weighted by Crippen LogP contribution is -2.18. The van der Waals surface area contributed by atoms with E-state index < -0.39 is 6.29 Å². The van der Waals surface area contributed by atoms with Gasteiger partial charge in [-0.25, -0.2) is 4.39 Å². The highest BCUT2D eigenvalue weighted by atomic mass is 19.1. The van der Waals surface area contributed by atoms with Crippen molar-refractivity contribution in [3.63, 3.8) is 0 Å². The molecule has 0 aliphatic carbocycles. The van der Waals surface area contributed by atoms with E-state index in [-0.39, 0.29) is 11.9 Å². The molecule has 0 saturated carbocycles. The van der Waals surface area contributed by atoms with Gasteiger partial charge in [0.15, 0.2) is 0 Å². The first-order chi connectivity index (χ1) is 9.69. The SMILES string of the molecule is CCC(C)OC(Oc1ccc(F)cc1)c1ccccc1. The third-order valence-electron chi connectivity index (χ3n) is 3.06. The highest BCUT2D eigenvalue weighted by molar-refractivity contribution is 5.24. The second-order valence-corrected chi connectivity index (χ2v) is 4.67. The van der Waals surface area contributed by atoms with Crippen molar-refractivity contribution in [2.75, 3.05) is 0 Å². The molecule has 0 N–H and O–H groups in total. The highest BCUT2D eigenvalue weighted by Gasteiger charge is 2.16. The van der Waals surface area contributed by atoms with Crippen molar-refractivity contribution < 1.29 is 13.9 Å². The molecule has 2 rings (SSSR count). The van der Waals surface area contributed by atoms with Gasteiger partial charge >= 0.3 is 0 Å². The minimum absolute atomic E-state index is 0.0839. The Morgan fingerprint density at radius 1 is 1.00 bits per heavy atom. The summed E-state index contributed by atoms with van der Waals surface area (Å²) in [5.74, 6) is 0.306. The molecular weight excluding hydrogens is 255 g/mol. The summed E-state index contributed by atoms with van der Waals surface area (Å²) in [5.41, 5.74) is 0.942. The molecule has 0 fully saturated rings. The molecule has 2 aromatic carbocycles. The van der Waals surface area contributed by atoms with Crippen molar-refractivity contribution >= 4 is 0 Å². The molecule has 2 unspecified atom stereocenters. The molecule has 0 aliphatic rings. The van der Waals surface area contributed by atoms with Gasteiger partial charge in [0, 0.05) is 5.56 Å². The van der Waals surface area contributed by atoms with E-state index in [1.165, 1.54) is 12.1 Å². The van der Waals surface area contributed by atoms with Crippen LogP contribution in [-0.2, 0) is 4.74 Å². The Morgan fingerprint density at radius 3 is 2.25 bits per heavy atom. The second-order valence-electron chi connectivity index (χ2n) is 4.67. The Hall–Kier alpha value is -1.87. The summed E-state index contributed by atoms with van der Waals surface area (Å²) < 4.78 is 24.7. The van der Waals surface area contributed by atoms with E-state index in [1.54, 1.807) is 12.1 Å². The Morgan fingerprint density at radius 2 is 1.65 bits per heavy atom. The highest BCUT2D eigenvalue weighted by Crippen LogP contribution is 2.25. The quantitative estimate of drug-likeness (QED) is 0.710. The zero-order valence-electron chi connectivity index (χ0n) is 11.8. The fraction of sp³-hybridized carbons (Fsp3) is 0.294. The molecule has 0 aliphatic heterocycles. The van der Waals surface area contributed by atoms with Gasteiger partial charge in [0.1, 0.15) is 11.6 Å². The van der Waals surface area contributed by atoms with Gasteiger partial charge in [0.2, 0.25) is 6.29 Å². The van der Waals surface area contributed by atoms with E-state index >= 15 is 0 Å². The summed E-state index contributed by atoms with van der Waals surface area (Å²) in [6.45, 7) is 4.06. The van der Waals surface area contributed by atoms with Crippen molar-refractivity contribution in [2.24, 2.45) is 0 Å². The normalized spacial score (nSPS) is 13.8. The Labute approximate surface area is 119 Å². The molecular formula is C17H19FO2. The first-order valence-electron chi connectivity index (χ1n) is 6.81. The fourth-order valence-electron chi connectivity index (χ4n) is 1.73. The van der Waals surface area contributed by atoms with Crippen LogP contribution in [-0.4, -0.2) is 6.10 Å². The van der Waals surface area contributed by atoms with E-state index in [2.05, 4.69) is 6.92 Å². The van der Waals surface area contributed by atoms with Crippen LogP contribution >= 0.6 is 0 Å². The largest absolute Gasteiger partial charge is 0.461 e. The molecule has 0 saturated heterocycles. The van der Waals surface area contributed by atoms with Crippen LogP contribution in [0.2, 0.25) is 0 Å². The zero-order chi connectivity index (χ0) is 14.4. The summed E-state index contributed by atoms with van der Waals surface area (Å²) in [6.07, 6.45) is 0.494. The van der Waals surface area contributed by atoms with E-state index in [0.29, 0.717) is 5.75 Å². The molecule has 106 valence electrons. The van der Waals surface area contributed by atoms with E-state index in [0.717, 1.165) is 12.0 Å². The summed E-state index contributed by atoms with van der Waals surface area (Å²) in [7, 11) is 0. The van der Waals surface area contributed by atoms with Crippen LogP contribution < -0.4 is 4.74 Å².